The van der Waals surface area contributed by atoms with Gasteiger partial charge in [0.2, 0.25) is 5.91 Å². The normalized spacial score (nSPS) is 13.8. The van der Waals surface area contributed by atoms with Gasteiger partial charge < -0.3 is 21.3 Å². The number of phenols is 1. The smallest absolute Gasteiger partial charge is 0.237 e. The first-order valence-corrected chi connectivity index (χ1v) is 6.98. The number of phenolic OH excluding ortho intramolecular Hbond substituents is 1. The van der Waals surface area contributed by atoms with E-state index >= 15 is 0 Å². The monoisotopic (exact) mass is 280 g/mol. The molecule has 0 radical (unpaired) electrons. The Bertz CT molecular complexity index is 406. The molecule has 1 unspecified atom stereocenters. The largest absolute Gasteiger partial charge is 0.508 e. The second-order valence-corrected chi connectivity index (χ2v) is 5.01. The van der Waals surface area contributed by atoms with Crippen LogP contribution in [-0.4, -0.2) is 35.3 Å². The number of aliphatic hydroxyl groups is 1. The predicted molar refractivity (Wildman–Crippen MR) is 78.3 cm³/mol. The lowest BCUT2D eigenvalue weighted by atomic mass is 10.0. The quantitative estimate of drug-likeness (QED) is 0.566. The Labute approximate surface area is 119 Å². The number of benzene rings is 1. The topological polar surface area (TPSA) is 95.6 Å². The number of aromatic hydroxyl groups is 1. The van der Waals surface area contributed by atoms with Crippen LogP contribution < -0.4 is 11.1 Å². The molecule has 0 saturated carbocycles. The summed E-state index contributed by atoms with van der Waals surface area (Å²) in [4.78, 5) is 11.9. The number of hydrogen-bond donors (Lipinski definition) is 4. The molecule has 0 fully saturated rings. The zero-order chi connectivity index (χ0) is 15.0. The van der Waals surface area contributed by atoms with Crippen molar-refractivity contribution < 1.29 is 15.0 Å². The first-order valence-electron chi connectivity index (χ1n) is 6.98. The van der Waals surface area contributed by atoms with Crippen molar-refractivity contribution in [1.82, 2.24) is 5.32 Å². The lowest BCUT2D eigenvalue weighted by molar-refractivity contribution is -0.122. The highest BCUT2D eigenvalue weighted by Crippen LogP contribution is 2.11. The minimum absolute atomic E-state index is 0.133. The van der Waals surface area contributed by atoms with E-state index < -0.39 is 6.04 Å². The molecular weight excluding hydrogens is 256 g/mol. The second kappa shape index (κ2) is 8.55. The molecule has 0 aliphatic carbocycles. The molecule has 1 rings (SSSR count). The van der Waals surface area contributed by atoms with Crippen LogP contribution in [0.1, 0.15) is 25.3 Å². The van der Waals surface area contributed by atoms with Crippen molar-refractivity contribution in [2.24, 2.45) is 11.7 Å². The predicted octanol–water partition coefficient (Wildman–Crippen LogP) is 0.787. The maximum absolute atomic E-state index is 11.9. The molecule has 5 N–H and O–H groups in total. The number of amides is 1. The van der Waals surface area contributed by atoms with E-state index in [1.165, 1.54) is 0 Å². The summed E-state index contributed by atoms with van der Waals surface area (Å²) < 4.78 is 0. The molecule has 0 bridgehead atoms. The number of hydrogen-bond acceptors (Lipinski definition) is 4. The van der Waals surface area contributed by atoms with Crippen LogP contribution in [0.25, 0.3) is 0 Å². The van der Waals surface area contributed by atoms with Crippen LogP contribution in [-0.2, 0) is 11.2 Å². The van der Waals surface area contributed by atoms with Crippen LogP contribution in [0.3, 0.4) is 0 Å². The summed E-state index contributed by atoms with van der Waals surface area (Å²) in [6, 6.07) is 6.06. The summed E-state index contributed by atoms with van der Waals surface area (Å²) in [5, 5.41) is 20.9. The fourth-order valence-electron chi connectivity index (χ4n) is 1.99. The molecule has 5 nitrogen and oxygen atoms in total. The van der Waals surface area contributed by atoms with Crippen LogP contribution in [0.5, 0.6) is 5.75 Å². The fourth-order valence-corrected chi connectivity index (χ4v) is 1.99. The van der Waals surface area contributed by atoms with Crippen molar-refractivity contribution in [1.29, 1.82) is 0 Å². The van der Waals surface area contributed by atoms with E-state index in [0.29, 0.717) is 19.4 Å². The molecule has 1 aromatic rings. The first-order chi connectivity index (χ1) is 9.56. The van der Waals surface area contributed by atoms with Crippen molar-refractivity contribution in [3.63, 3.8) is 0 Å². The zero-order valence-corrected chi connectivity index (χ0v) is 11.9. The van der Waals surface area contributed by atoms with E-state index in [2.05, 4.69) is 5.32 Å². The zero-order valence-electron chi connectivity index (χ0n) is 11.9. The molecule has 0 aliphatic heterocycles. The number of carbonyl (C=O) groups excluding carboxylic acids is 1. The van der Waals surface area contributed by atoms with Gasteiger partial charge in [-0.15, -0.1) is 0 Å². The highest BCUT2D eigenvalue weighted by Gasteiger charge is 2.15. The van der Waals surface area contributed by atoms with Gasteiger partial charge >= 0.3 is 0 Å². The molecule has 0 saturated heterocycles. The Balaban J connectivity index is 2.40. The summed E-state index contributed by atoms with van der Waals surface area (Å²) in [5.41, 5.74) is 6.78. The summed E-state index contributed by atoms with van der Waals surface area (Å²) in [6.07, 6.45) is 2.03. The molecule has 20 heavy (non-hydrogen) atoms. The molecule has 112 valence electrons. The Morgan fingerprint density at radius 1 is 1.35 bits per heavy atom. The van der Waals surface area contributed by atoms with Gasteiger partial charge in [-0.1, -0.05) is 25.5 Å². The van der Waals surface area contributed by atoms with Crippen LogP contribution in [0.4, 0.5) is 0 Å². The van der Waals surface area contributed by atoms with Crippen LogP contribution in [0, 0.1) is 5.92 Å². The summed E-state index contributed by atoms with van der Waals surface area (Å²) in [7, 11) is 0. The van der Waals surface area contributed by atoms with E-state index in [4.69, 9.17) is 10.8 Å². The van der Waals surface area contributed by atoms with Gasteiger partial charge in [-0.25, -0.2) is 0 Å². The van der Waals surface area contributed by atoms with Crippen LogP contribution >= 0.6 is 0 Å². The Hall–Kier alpha value is -1.59. The third-order valence-electron chi connectivity index (χ3n) is 3.41. The van der Waals surface area contributed by atoms with E-state index in [1.54, 1.807) is 24.3 Å². The van der Waals surface area contributed by atoms with E-state index in [0.717, 1.165) is 12.0 Å². The second-order valence-electron chi connectivity index (χ2n) is 5.01. The molecule has 0 aromatic heterocycles. The van der Waals surface area contributed by atoms with E-state index in [1.807, 2.05) is 6.92 Å². The average molecular weight is 280 g/mol. The van der Waals surface area contributed by atoms with Crippen molar-refractivity contribution in [2.45, 2.75) is 32.2 Å². The maximum atomic E-state index is 11.9. The number of rotatable bonds is 8. The molecule has 1 aromatic carbocycles. The minimum Gasteiger partial charge on any atom is -0.508 e. The Morgan fingerprint density at radius 2 is 2.00 bits per heavy atom. The summed E-state index contributed by atoms with van der Waals surface area (Å²) in [5.74, 6) is 0.292. The van der Waals surface area contributed by atoms with Crippen molar-refractivity contribution in [3.8, 4) is 5.75 Å². The van der Waals surface area contributed by atoms with Gasteiger partial charge in [0.15, 0.2) is 0 Å². The average Bonchev–Trinajstić information content (AvgIpc) is 2.45. The molecule has 2 atom stereocenters. The Kier molecular flexibility index (Phi) is 7.04. The molecule has 0 spiro atoms. The lowest BCUT2D eigenvalue weighted by Gasteiger charge is -2.17. The highest BCUT2D eigenvalue weighted by molar-refractivity contribution is 5.81. The third-order valence-corrected chi connectivity index (χ3v) is 3.41. The maximum Gasteiger partial charge on any atom is 0.237 e. The first kappa shape index (κ1) is 16.5. The van der Waals surface area contributed by atoms with Gasteiger partial charge in [0.25, 0.3) is 0 Å². The summed E-state index contributed by atoms with van der Waals surface area (Å²) in [6.45, 7) is 2.70. The van der Waals surface area contributed by atoms with Gasteiger partial charge in [0, 0.05) is 13.2 Å². The van der Waals surface area contributed by atoms with E-state index in [9.17, 15) is 9.90 Å². The van der Waals surface area contributed by atoms with Crippen molar-refractivity contribution in [3.05, 3.63) is 29.8 Å². The molecule has 0 aliphatic rings. The van der Waals surface area contributed by atoms with Crippen LogP contribution in [0.2, 0.25) is 0 Å². The lowest BCUT2D eigenvalue weighted by Crippen LogP contribution is -2.43. The standard InChI is InChI=1S/C15H24N2O3/c1-2-11(7-8-18)10-17-15(20)14(16)9-12-3-5-13(19)6-4-12/h3-6,11,14,18-19H,2,7-10,16H2,1H3,(H,17,20)/t11?,14-/m0/s1. The van der Waals surface area contributed by atoms with Gasteiger partial charge in [-0.3, -0.25) is 4.79 Å². The number of nitrogens with two attached hydrogens (primary N) is 1. The molecule has 0 heterocycles. The number of carbonyl (C=O) groups is 1. The van der Waals surface area contributed by atoms with E-state index in [-0.39, 0.29) is 24.2 Å². The van der Waals surface area contributed by atoms with Crippen LogP contribution in [0.15, 0.2) is 24.3 Å². The molecule has 1 amide bonds. The van der Waals surface area contributed by atoms with Gasteiger partial charge in [0.05, 0.1) is 6.04 Å². The SMILES string of the molecule is CCC(CCO)CNC(=O)[C@@H](N)Cc1ccc(O)cc1. The van der Waals surface area contributed by atoms with Gasteiger partial charge in [-0.2, -0.15) is 0 Å². The minimum atomic E-state index is -0.605. The Morgan fingerprint density at radius 3 is 2.55 bits per heavy atom. The van der Waals surface area contributed by atoms with Crippen molar-refractivity contribution >= 4 is 5.91 Å². The summed E-state index contributed by atoms with van der Waals surface area (Å²) >= 11 is 0. The van der Waals surface area contributed by atoms with Gasteiger partial charge in [-0.05, 0) is 36.5 Å². The number of aliphatic hydroxyl groups excluding tert-OH is 1. The molecule has 5 heteroatoms. The third kappa shape index (κ3) is 5.59. The molecular formula is C15H24N2O3. The highest BCUT2D eigenvalue weighted by atomic mass is 16.3. The fraction of sp³-hybridized carbons (Fsp3) is 0.533. The van der Waals surface area contributed by atoms with Crippen molar-refractivity contribution in [2.75, 3.05) is 13.2 Å². The number of nitrogens with one attached hydrogen (secondary N) is 1. The van der Waals surface area contributed by atoms with Gasteiger partial charge in [0.1, 0.15) is 5.75 Å².